The smallest absolute Gasteiger partial charge is 0.0753 e. The molecule has 1 saturated heterocycles. The van der Waals surface area contributed by atoms with Crippen LogP contribution in [0.5, 0.6) is 0 Å². The maximum absolute atomic E-state index is 4.31. The zero-order valence-corrected chi connectivity index (χ0v) is 10.5. The SMILES string of the molecule is CC(NCC1CCSCC1)c1cnccn1. The van der Waals surface area contributed by atoms with E-state index < -0.39 is 0 Å². The predicted molar refractivity (Wildman–Crippen MR) is 68.5 cm³/mol. The van der Waals surface area contributed by atoms with Crippen LogP contribution in [0.3, 0.4) is 0 Å². The molecule has 0 aliphatic carbocycles. The lowest BCUT2D eigenvalue weighted by Gasteiger charge is -2.23. The van der Waals surface area contributed by atoms with Gasteiger partial charge in [-0.1, -0.05) is 0 Å². The van der Waals surface area contributed by atoms with Crippen molar-refractivity contribution in [1.82, 2.24) is 15.3 Å². The Balaban J connectivity index is 1.77. The van der Waals surface area contributed by atoms with E-state index in [4.69, 9.17) is 0 Å². The van der Waals surface area contributed by atoms with Gasteiger partial charge in [-0.05, 0) is 43.7 Å². The van der Waals surface area contributed by atoms with Crippen molar-refractivity contribution in [2.24, 2.45) is 5.92 Å². The Hall–Kier alpha value is -0.610. The standard InChI is InChI=1S/C12H19N3S/c1-10(12-9-13-4-5-14-12)15-8-11-2-6-16-7-3-11/h4-5,9-11,15H,2-3,6-8H2,1H3. The first-order valence-corrected chi connectivity index (χ1v) is 7.09. The van der Waals surface area contributed by atoms with Crippen LogP contribution in [0.25, 0.3) is 0 Å². The van der Waals surface area contributed by atoms with Crippen molar-refractivity contribution in [3.63, 3.8) is 0 Å². The molecule has 16 heavy (non-hydrogen) atoms. The van der Waals surface area contributed by atoms with E-state index in [1.54, 1.807) is 12.4 Å². The third-order valence-corrected chi connectivity index (χ3v) is 4.13. The monoisotopic (exact) mass is 237 g/mol. The van der Waals surface area contributed by atoms with E-state index in [2.05, 4.69) is 34.0 Å². The fraction of sp³-hybridized carbons (Fsp3) is 0.667. The van der Waals surface area contributed by atoms with Crippen LogP contribution in [0.15, 0.2) is 18.6 Å². The van der Waals surface area contributed by atoms with Gasteiger partial charge in [0.1, 0.15) is 0 Å². The molecule has 0 bridgehead atoms. The highest BCUT2D eigenvalue weighted by Crippen LogP contribution is 2.22. The highest BCUT2D eigenvalue weighted by molar-refractivity contribution is 7.99. The summed E-state index contributed by atoms with van der Waals surface area (Å²) in [4.78, 5) is 8.41. The average molecular weight is 237 g/mol. The summed E-state index contributed by atoms with van der Waals surface area (Å²) in [6.07, 6.45) is 8.02. The number of rotatable bonds is 4. The normalized spacial score (nSPS) is 19.6. The number of nitrogens with one attached hydrogen (secondary N) is 1. The summed E-state index contributed by atoms with van der Waals surface area (Å²) >= 11 is 2.08. The molecule has 1 unspecified atom stereocenters. The molecule has 2 heterocycles. The molecule has 0 amide bonds. The van der Waals surface area contributed by atoms with Crippen LogP contribution in [0, 0.1) is 5.92 Å². The van der Waals surface area contributed by atoms with Crippen molar-refractivity contribution in [1.29, 1.82) is 0 Å². The molecule has 1 aliphatic rings. The summed E-state index contributed by atoms with van der Waals surface area (Å²) in [5, 5.41) is 3.56. The van der Waals surface area contributed by atoms with E-state index in [9.17, 15) is 0 Å². The van der Waals surface area contributed by atoms with Gasteiger partial charge >= 0.3 is 0 Å². The molecular weight excluding hydrogens is 218 g/mol. The van der Waals surface area contributed by atoms with Gasteiger partial charge in [0.25, 0.3) is 0 Å². The second kappa shape index (κ2) is 6.21. The predicted octanol–water partition coefficient (Wildman–Crippen LogP) is 2.27. The van der Waals surface area contributed by atoms with E-state index in [1.807, 2.05) is 6.20 Å². The molecule has 3 nitrogen and oxygen atoms in total. The van der Waals surface area contributed by atoms with Gasteiger partial charge in [0.15, 0.2) is 0 Å². The molecule has 0 aromatic carbocycles. The minimum Gasteiger partial charge on any atom is -0.309 e. The van der Waals surface area contributed by atoms with E-state index in [0.717, 1.165) is 18.2 Å². The fourth-order valence-electron chi connectivity index (χ4n) is 1.93. The van der Waals surface area contributed by atoms with Gasteiger partial charge in [0.05, 0.1) is 5.69 Å². The second-order valence-corrected chi connectivity index (χ2v) is 5.54. The van der Waals surface area contributed by atoms with Crippen molar-refractivity contribution >= 4 is 11.8 Å². The van der Waals surface area contributed by atoms with E-state index in [-0.39, 0.29) is 0 Å². The Labute approximate surface area is 101 Å². The second-order valence-electron chi connectivity index (χ2n) is 4.32. The van der Waals surface area contributed by atoms with E-state index in [1.165, 1.54) is 24.3 Å². The Bertz CT molecular complexity index is 298. The summed E-state index contributed by atoms with van der Waals surface area (Å²) in [7, 11) is 0. The Morgan fingerprint density at radius 1 is 1.44 bits per heavy atom. The molecule has 4 heteroatoms. The molecule has 1 N–H and O–H groups in total. The van der Waals surface area contributed by atoms with Gasteiger partial charge in [-0.3, -0.25) is 9.97 Å². The lowest BCUT2D eigenvalue weighted by molar-refractivity contribution is 0.417. The van der Waals surface area contributed by atoms with Gasteiger partial charge in [-0.2, -0.15) is 11.8 Å². The highest BCUT2D eigenvalue weighted by atomic mass is 32.2. The van der Waals surface area contributed by atoms with Crippen LogP contribution in [0.1, 0.15) is 31.5 Å². The Morgan fingerprint density at radius 2 is 2.25 bits per heavy atom. The first-order chi connectivity index (χ1) is 7.86. The summed E-state index contributed by atoms with van der Waals surface area (Å²) in [5.41, 5.74) is 1.03. The molecule has 0 saturated carbocycles. The molecule has 1 aromatic rings. The molecule has 1 aliphatic heterocycles. The van der Waals surface area contributed by atoms with Gasteiger partial charge < -0.3 is 5.32 Å². The van der Waals surface area contributed by atoms with Crippen LogP contribution in [0.4, 0.5) is 0 Å². The highest BCUT2D eigenvalue weighted by Gasteiger charge is 2.15. The molecule has 1 fully saturated rings. The molecule has 88 valence electrons. The minimum atomic E-state index is 0.309. The summed E-state index contributed by atoms with van der Waals surface area (Å²) in [6.45, 7) is 3.26. The number of aromatic nitrogens is 2. The van der Waals surface area contributed by atoms with Gasteiger partial charge in [-0.25, -0.2) is 0 Å². The van der Waals surface area contributed by atoms with Crippen LogP contribution < -0.4 is 5.32 Å². The third-order valence-electron chi connectivity index (χ3n) is 3.08. The average Bonchev–Trinajstić information content (AvgIpc) is 2.38. The summed E-state index contributed by atoms with van der Waals surface area (Å²) in [6, 6.07) is 0.309. The van der Waals surface area contributed by atoms with Crippen LogP contribution in [-0.4, -0.2) is 28.0 Å². The molecular formula is C12H19N3S. The zero-order chi connectivity index (χ0) is 11.2. The van der Waals surface area contributed by atoms with Crippen molar-refractivity contribution < 1.29 is 0 Å². The first kappa shape index (κ1) is 11.9. The number of nitrogens with zero attached hydrogens (tertiary/aromatic N) is 2. The summed E-state index contributed by atoms with van der Waals surface area (Å²) < 4.78 is 0. The lowest BCUT2D eigenvalue weighted by atomic mass is 10.0. The topological polar surface area (TPSA) is 37.8 Å². The van der Waals surface area contributed by atoms with Gasteiger partial charge in [-0.15, -0.1) is 0 Å². The minimum absolute atomic E-state index is 0.309. The summed E-state index contributed by atoms with van der Waals surface area (Å²) in [5.74, 6) is 3.50. The third kappa shape index (κ3) is 3.46. The lowest BCUT2D eigenvalue weighted by Crippen LogP contribution is -2.28. The molecule has 0 radical (unpaired) electrons. The molecule has 2 rings (SSSR count). The zero-order valence-electron chi connectivity index (χ0n) is 9.72. The largest absolute Gasteiger partial charge is 0.309 e. The van der Waals surface area contributed by atoms with Crippen LogP contribution in [0.2, 0.25) is 0 Å². The van der Waals surface area contributed by atoms with E-state index >= 15 is 0 Å². The van der Waals surface area contributed by atoms with Gasteiger partial charge in [0.2, 0.25) is 0 Å². The molecule has 0 spiro atoms. The van der Waals surface area contributed by atoms with Crippen molar-refractivity contribution in [2.75, 3.05) is 18.1 Å². The molecule has 1 aromatic heterocycles. The first-order valence-electron chi connectivity index (χ1n) is 5.93. The van der Waals surface area contributed by atoms with Crippen molar-refractivity contribution in [2.45, 2.75) is 25.8 Å². The van der Waals surface area contributed by atoms with Crippen LogP contribution in [-0.2, 0) is 0 Å². The van der Waals surface area contributed by atoms with Gasteiger partial charge in [0, 0.05) is 24.6 Å². The number of hydrogen-bond acceptors (Lipinski definition) is 4. The number of hydrogen-bond donors (Lipinski definition) is 1. The van der Waals surface area contributed by atoms with E-state index in [0.29, 0.717) is 6.04 Å². The maximum Gasteiger partial charge on any atom is 0.0753 e. The Morgan fingerprint density at radius 3 is 2.94 bits per heavy atom. The fourth-order valence-corrected chi connectivity index (χ4v) is 3.14. The number of thioether (sulfide) groups is 1. The maximum atomic E-state index is 4.31. The Kier molecular flexibility index (Phi) is 4.60. The molecule has 1 atom stereocenters. The van der Waals surface area contributed by atoms with Crippen molar-refractivity contribution in [3.05, 3.63) is 24.3 Å². The van der Waals surface area contributed by atoms with Crippen LogP contribution >= 0.6 is 11.8 Å². The quantitative estimate of drug-likeness (QED) is 0.872. The van der Waals surface area contributed by atoms with Crippen molar-refractivity contribution in [3.8, 4) is 0 Å².